The number of amides is 1. The number of aryl methyl sites for hydroxylation is 1. The molecule has 0 unspecified atom stereocenters. The van der Waals surface area contributed by atoms with E-state index < -0.39 is 0 Å². The van der Waals surface area contributed by atoms with Crippen LogP contribution in [0.1, 0.15) is 17.5 Å². The van der Waals surface area contributed by atoms with Crippen molar-refractivity contribution in [2.75, 3.05) is 7.11 Å². The molecule has 7 heteroatoms. The predicted octanol–water partition coefficient (Wildman–Crippen LogP) is 3.63. The summed E-state index contributed by atoms with van der Waals surface area (Å²) in [6.07, 6.45) is 0.307. The molecule has 3 aromatic rings. The predicted molar refractivity (Wildman–Crippen MR) is 107 cm³/mol. The first-order valence-electron chi connectivity index (χ1n) is 8.69. The van der Waals surface area contributed by atoms with E-state index in [1.807, 2.05) is 60.0 Å². The molecule has 6 nitrogen and oxygen atoms in total. The van der Waals surface area contributed by atoms with Gasteiger partial charge in [-0.05, 0) is 31.3 Å². The second-order valence-electron chi connectivity index (χ2n) is 6.21. The average Bonchev–Trinajstić information content (AvgIpc) is 3.05. The van der Waals surface area contributed by atoms with Crippen molar-refractivity contribution in [3.8, 4) is 17.1 Å². The van der Waals surface area contributed by atoms with Crippen LogP contribution in [0.25, 0.3) is 11.4 Å². The Morgan fingerprint density at radius 1 is 1.26 bits per heavy atom. The Bertz CT molecular complexity index is 993. The molecule has 0 aliphatic rings. The summed E-state index contributed by atoms with van der Waals surface area (Å²) in [7, 11) is 1.62. The van der Waals surface area contributed by atoms with Crippen molar-refractivity contribution < 1.29 is 9.53 Å². The topological polar surface area (TPSA) is 71.9 Å². The fourth-order valence-corrected chi connectivity index (χ4v) is 3.10. The zero-order valence-corrected chi connectivity index (χ0v) is 16.2. The Kier molecular flexibility index (Phi) is 6.03. The molecule has 0 spiro atoms. The Morgan fingerprint density at radius 2 is 2.07 bits per heavy atom. The zero-order valence-electron chi connectivity index (χ0n) is 15.4. The molecule has 0 bridgehead atoms. The molecule has 3 rings (SSSR count). The number of nitrogens with one attached hydrogen (secondary N) is 2. The first-order valence-corrected chi connectivity index (χ1v) is 9.10. The van der Waals surface area contributed by atoms with E-state index in [-0.39, 0.29) is 5.91 Å². The molecule has 0 atom stereocenters. The second-order valence-corrected chi connectivity index (χ2v) is 6.60. The maximum Gasteiger partial charge on any atom is 0.222 e. The van der Waals surface area contributed by atoms with Crippen molar-refractivity contribution in [1.29, 1.82) is 0 Å². The van der Waals surface area contributed by atoms with Crippen molar-refractivity contribution in [3.63, 3.8) is 0 Å². The maximum absolute atomic E-state index is 12.3. The molecule has 1 aromatic heterocycles. The number of hydrogen-bond donors (Lipinski definition) is 2. The highest BCUT2D eigenvalue weighted by atomic mass is 32.1. The number of para-hydroxylation sites is 1. The van der Waals surface area contributed by atoms with Crippen LogP contribution in [-0.4, -0.2) is 27.8 Å². The van der Waals surface area contributed by atoms with Gasteiger partial charge in [0, 0.05) is 30.6 Å². The highest BCUT2D eigenvalue weighted by Crippen LogP contribution is 2.19. The lowest BCUT2D eigenvalue weighted by Gasteiger charge is -2.10. The van der Waals surface area contributed by atoms with Crippen LogP contribution in [0.2, 0.25) is 0 Å². The van der Waals surface area contributed by atoms with Crippen molar-refractivity contribution in [2.24, 2.45) is 0 Å². The molecule has 140 valence electrons. The van der Waals surface area contributed by atoms with Gasteiger partial charge in [0.05, 0.1) is 7.11 Å². The minimum absolute atomic E-state index is 0.0563. The summed E-state index contributed by atoms with van der Waals surface area (Å²) in [5.41, 5.74) is 3.05. The number of nitrogens with zero attached hydrogens (tertiary/aromatic N) is 2. The molecule has 27 heavy (non-hydrogen) atoms. The smallest absolute Gasteiger partial charge is 0.222 e. The van der Waals surface area contributed by atoms with E-state index in [2.05, 4.69) is 15.5 Å². The van der Waals surface area contributed by atoms with Crippen molar-refractivity contribution in [3.05, 3.63) is 64.4 Å². The molecular weight excluding hydrogens is 360 g/mol. The van der Waals surface area contributed by atoms with E-state index in [4.69, 9.17) is 17.0 Å². The molecule has 0 radical (unpaired) electrons. The van der Waals surface area contributed by atoms with E-state index in [9.17, 15) is 4.79 Å². The van der Waals surface area contributed by atoms with Crippen molar-refractivity contribution >= 4 is 18.1 Å². The number of aromatic nitrogens is 3. The molecule has 0 saturated carbocycles. The average molecular weight is 382 g/mol. The fraction of sp³-hybridized carbons (Fsp3) is 0.250. The largest absolute Gasteiger partial charge is 0.496 e. The summed E-state index contributed by atoms with van der Waals surface area (Å²) in [4.78, 5) is 12.3. The number of carbonyl (C=O) groups excluding carboxylic acids is 1. The van der Waals surface area contributed by atoms with Gasteiger partial charge in [-0.2, -0.15) is 5.10 Å². The van der Waals surface area contributed by atoms with Gasteiger partial charge in [0.15, 0.2) is 10.6 Å². The zero-order chi connectivity index (χ0) is 19.2. The van der Waals surface area contributed by atoms with E-state index in [1.165, 1.54) is 0 Å². The maximum atomic E-state index is 12.3. The Balaban J connectivity index is 1.64. The SMILES string of the molecule is COc1ccccc1CNC(=O)CCn1c(-c2cccc(C)c2)n[nH]c1=S. The second kappa shape index (κ2) is 8.64. The summed E-state index contributed by atoms with van der Waals surface area (Å²) in [6.45, 7) is 2.90. The molecule has 0 aliphatic carbocycles. The Morgan fingerprint density at radius 3 is 2.85 bits per heavy atom. The number of methoxy groups -OCH3 is 1. The Labute approximate surface area is 163 Å². The molecule has 1 heterocycles. The van der Waals surface area contributed by atoms with Gasteiger partial charge in [0.2, 0.25) is 5.91 Å². The normalized spacial score (nSPS) is 10.6. The molecule has 1 amide bonds. The first kappa shape index (κ1) is 18.8. The van der Waals surface area contributed by atoms with Crippen LogP contribution in [0.3, 0.4) is 0 Å². The van der Waals surface area contributed by atoms with Gasteiger partial charge in [-0.1, -0.05) is 42.0 Å². The van der Waals surface area contributed by atoms with Gasteiger partial charge in [-0.15, -0.1) is 0 Å². The minimum atomic E-state index is -0.0563. The van der Waals surface area contributed by atoms with Crippen LogP contribution < -0.4 is 10.1 Å². The van der Waals surface area contributed by atoms with Crippen LogP contribution in [0, 0.1) is 11.7 Å². The van der Waals surface area contributed by atoms with Gasteiger partial charge in [0.25, 0.3) is 0 Å². The van der Waals surface area contributed by atoms with Crippen LogP contribution in [-0.2, 0) is 17.9 Å². The molecular formula is C20H22N4O2S. The Hall–Kier alpha value is -2.93. The van der Waals surface area contributed by atoms with E-state index in [0.717, 1.165) is 28.3 Å². The standard InChI is InChI=1S/C20H22N4O2S/c1-14-6-5-8-15(12-14)19-22-23-20(27)24(19)11-10-18(25)21-13-16-7-3-4-9-17(16)26-2/h3-9,12H,10-11,13H2,1-2H3,(H,21,25)(H,23,27). The highest BCUT2D eigenvalue weighted by Gasteiger charge is 2.11. The summed E-state index contributed by atoms with van der Waals surface area (Å²) in [6, 6.07) is 15.7. The molecule has 2 N–H and O–H groups in total. The lowest BCUT2D eigenvalue weighted by atomic mass is 10.1. The van der Waals surface area contributed by atoms with Gasteiger partial charge < -0.3 is 10.1 Å². The monoisotopic (exact) mass is 382 g/mol. The minimum Gasteiger partial charge on any atom is -0.496 e. The van der Waals surface area contributed by atoms with Crippen molar-refractivity contribution in [1.82, 2.24) is 20.1 Å². The quantitative estimate of drug-likeness (QED) is 0.612. The lowest BCUT2D eigenvalue weighted by Crippen LogP contribution is -2.24. The third kappa shape index (κ3) is 4.62. The first-order chi connectivity index (χ1) is 13.1. The van der Waals surface area contributed by atoms with E-state index >= 15 is 0 Å². The van der Waals surface area contributed by atoms with Crippen LogP contribution in [0.4, 0.5) is 0 Å². The van der Waals surface area contributed by atoms with Crippen LogP contribution >= 0.6 is 12.2 Å². The number of hydrogen-bond acceptors (Lipinski definition) is 4. The number of benzene rings is 2. The fourth-order valence-electron chi connectivity index (χ4n) is 2.87. The number of carbonyl (C=O) groups is 1. The van der Waals surface area contributed by atoms with Gasteiger partial charge in [-0.3, -0.25) is 14.5 Å². The third-order valence-electron chi connectivity index (χ3n) is 4.27. The van der Waals surface area contributed by atoms with Gasteiger partial charge in [-0.25, -0.2) is 0 Å². The summed E-state index contributed by atoms with van der Waals surface area (Å²) < 4.78 is 7.66. The molecule has 0 fully saturated rings. The highest BCUT2D eigenvalue weighted by molar-refractivity contribution is 7.71. The summed E-state index contributed by atoms with van der Waals surface area (Å²) >= 11 is 5.33. The molecule has 0 aliphatic heterocycles. The molecule has 0 saturated heterocycles. The van der Waals surface area contributed by atoms with Crippen molar-refractivity contribution in [2.45, 2.75) is 26.4 Å². The summed E-state index contributed by atoms with van der Waals surface area (Å²) in [5.74, 6) is 1.44. The summed E-state index contributed by atoms with van der Waals surface area (Å²) in [5, 5.41) is 10.1. The number of aromatic amines is 1. The lowest BCUT2D eigenvalue weighted by molar-refractivity contribution is -0.121. The van der Waals surface area contributed by atoms with E-state index in [0.29, 0.717) is 24.3 Å². The van der Waals surface area contributed by atoms with Crippen LogP contribution in [0.15, 0.2) is 48.5 Å². The van der Waals surface area contributed by atoms with Gasteiger partial charge >= 0.3 is 0 Å². The van der Waals surface area contributed by atoms with Crippen LogP contribution in [0.5, 0.6) is 5.75 Å². The van der Waals surface area contributed by atoms with E-state index in [1.54, 1.807) is 7.11 Å². The van der Waals surface area contributed by atoms with Gasteiger partial charge in [0.1, 0.15) is 5.75 Å². The number of ether oxygens (including phenoxy) is 1. The third-order valence-corrected chi connectivity index (χ3v) is 4.58. The number of rotatable bonds is 7. The number of H-pyrrole nitrogens is 1. The molecule has 2 aromatic carbocycles.